The molecule has 0 spiro atoms. The third kappa shape index (κ3) is 7.16. The van der Waals surface area contributed by atoms with Gasteiger partial charge in [0.05, 0.1) is 13.2 Å². The van der Waals surface area contributed by atoms with Crippen LogP contribution in [0.1, 0.15) is 72.1 Å². The number of aryl methyl sites for hydroxylation is 2. The fourth-order valence-corrected chi connectivity index (χ4v) is 4.48. The second-order valence-corrected chi connectivity index (χ2v) is 8.89. The summed E-state index contributed by atoms with van der Waals surface area (Å²) in [5, 5.41) is 0.950. The molecule has 0 aliphatic heterocycles. The molecule has 30 heavy (non-hydrogen) atoms. The van der Waals surface area contributed by atoms with Gasteiger partial charge in [-0.05, 0) is 83.5 Å². The molecule has 1 unspecified atom stereocenters. The van der Waals surface area contributed by atoms with Crippen molar-refractivity contribution in [1.82, 2.24) is 0 Å². The zero-order valence-corrected chi connectivity index (χ0v) is 19.8. The van der Waals surface area contributed by atoms with Gasteiger partial charge in [0.25, 0.3) is 0 Å². The van der Waals surface area contributed by atoms with Crippen LogP contribution in [0, 0.1) is 27.7 Å². The summed E-state index contributed by atoms with van der Waals surface area (Å²) in [4.78, 5) is 13.2. The Bertz CT molecular complexity index is 849. The SMILES string of the molecule is CCCCOc1ccc(PC(=O)c2c(C)cc(C)c(C)c2C)c(OCCCC)c1.[LiH]. The van der Waals surface area contributed by atoms with E-state index in [1.807, 2.05) is 25.1 Å². The van der Waals surface area contributed by atoms with E-state index in [9.17, 15) is 4.79 Å². The van der Waals surface area contributed by atoms with E-state index in [0.717, 1.165) is 59.2 Å². The summed E-state index contributed by atoms with van der Waals surface area (Å²) in [5.41, 5.74) is 5.60. The number of unbranched alkanes of at least 4 members (excludes halogenated alkanes) is 2. The van der Waals surface area contributed by atoms with Crippen LogP contribution in [-0.4, -0.2) is 37.6 Å². The van der Waals surface area contributed by atoms with Crippen molar-refractivity contribution in [2.24, 2.45) is 0 Å². The summed E-state index contributed by atoms with van der Waals surface area (Å²) in [5.74, 6) is 1.59. The Morgan fingerprint density at radius 3 is 2.13 bits per heavy atom. The Labute approximate surface area is 196 Å². The average Bonchev–Trinajstić information content (AvgIpc) is 2.68. The van der Waals surface area contributed by atoms with E-state index in [0.29, 0.717) is 13.2 Å². The minimum atomic E-state index is 0. The summed E-state index contributed by atoms with van der Waals surface area (Å²) in [6.07, 6.45) is 4.19. The summed E-state index contributed by atoms with van der Waals surface area (Å²) in [6, 6.07) is 8.01. The predicted octanol–water partition coefficient (Wildman–Crippen LogP) is 5.77. The van der Waals surface area contributed by atoms with Gasteiger partial charge in [-0.3, -0.25) is 4.79 Å². The molecule has 0 N–H and O–H groups in total. The number of ether oxygens (including phenoxy) is 2. The summed E-state index contributed by atoms with van der Waals surface area (Å²) < 4.78 is 11.9. The van der Waals surface area contributed by atoms with Crippen LogP contribution in [0.15, 0.2) is 24.3 Å². The molecule has 0 saturated heterocycles. The first kappa shape index (κ1) is 26.8. The molecule has 2 aromatic rings. The summed E-state index contributed by atoms with van der Waals surface area (Å²) >= 11 is 0. The Kier molecular flexibility index (Phi) is 11.8. The van der Waals surface area contributed by atoms with Crippen molar-refractivity contribution in [3.05, 3.63) is 52.1 Å². The normalized spacial score (nSPS) is 10.9. The van der Waals surface area contributed by atoms with Gasteiger partial charge in [0, 0.05) is 16.9 Å². The van der Waals surface area contributed by atoms with Crippen LogP contribution in [-0.2, 0) is 0 Å². The molecule has 0 fully saturated rings. The van der Waals surface area contributed by atoms with Crippen LogP contribution in [0.5, 0.6) is 11.5 Å². The van der Waals surface area contributed by atoms with Gasteiger partial charge in [0.15, 0.2) is 5.52 Å². The third-order valence-corrected chi connectivity index (χ3v) is 6.47. The maximum absolute atomic E-state index is 13.2. The second-order valence-electron chi connectivity index (χ2n) is 7.65. The zero-order valence-electron chi connectivity index (χ0n) is 18.8. The fraction of sp³-hybridized carbons (Fsp3) is 0.480. The van der Waals surface area contributed by atoms with E-state index < -0.39 is 0 Å². The number of benzene rings is 2. The first-order valence-electron chi connectivity index (χ1n) is 10.7. The quantitative estimate of drug-likeness (QED) is 0.262. The third-order valence-electron chi connectivity index (χ3n) is 5.31. The number of carbonyl (C=O) groups is 1. The first-order valence-corrected chi connectivity index (χ1v) is 11.7. The molecule has 0 radical (unpaired) electrons. The molecule has 1 atom stereocenters. The van der Waals surface area contributed by atoms with Gasteiger partial charge in [0.2, 0.25) is 0 Å². The molecule has 0 heterocycles. The van der Waals surface area contributed by atoms with Gasteiger partial charge in [-0.25, -0.2) is 0 Å². The molecule has 5 heteroatoms. The predicted molar refractivity (Wildman–Crippen MR) is 132 cm³/mol. The minimum absolute atomic E-state index is 0. The van der Waals surface area contributed by atoms with Crippen LogP contribution in [0.3, 0.4) is 0 Å². The van der Waals surface area contributed by atoms with E-state index in [1.54, 1.807) is 0 Å². The average molecular weight is 422 g/mol. The Balaban J connectivity index is 0.00000450. The van der Waals surface area contributed by atoms with Crippen molar-refractivity contribution in [3.8, 4) is 11.5 Å². The van der Waals surface area contributed by atoms with E-state index in [4.69, 9.17) is 9.47 Å². The second kappa shape index (κ2) is 13.2. The van der Waals surface area contributed by atoms with Gasteiger partial charge in [0.1, 0.15) is 11.5 Å². The Morgan fingerprint density at radius 1 is 0.867 bits per heavy atom. The van der Waals surface area contributed by atoms with Crippen molar-refractivity contribution < 1.29 is 14.3 Å². The molecule has 0 aromatic heterocycles. The number of hydrogen-bond donors (Lipinski definition) is 0. The van der Waals surface area contributed by atoms with Crippen LogP contribution in [0.25, 0.3) is 0 Å². The van der Waals surface area contributed by atoms with Gasteiger partial charge in [-0.2, -0.15) is 0 Å². The van der Waals surface area contributed by atoms with Gasteiger partial charge < -0.3 is 9.47 Å². The van der Waals surface area contributed by atoms with Crippen LogP contribution in [0.4, 0.5) is 0 Å². The molecule has 0 aliphatic rings. The number of hydrogen-bond acceptors (Lipinski definition) is 3. The van der Waals surface area contributed by atoms with Crippen molar-refractivity contribution in [2.45, 2.75) is 67.2 Å². The Hall–Kier alpha value is -1.26. The molecule has 0 bridgehead atoms. The van der Waals surface area contributed by atoms with E-state index in [1.165, 1.54) is 11.1 Å². The fourth-order valence-electron chi connectivity index (χ4n) is 3.29. The van der Waals surface area contributed by atoms with Crippen molar-refractivity contribution in [2.75, 3.05) is 13.2 Å². The summed E-state index contributed by atoms with van der Waals surface area (Å²) in [7, 11) is 0.0317. The topological polar surface area (TPSA) is 35.5 Å². The maximum atomic E-state index is 13.2. The number of rotatable bonds is 11. The zero-order chi connectivity index (χ0) is 21.4. The van der Waals surface area contributed by atoms with Crippen molar-refractivity contribution in [3.63, 3.8) is 0 Å². The van der Waals surface area contributed by atoms with E-state index in [2.05, 4.69) is 40.7 Å². The van der Waals surface area contributed by atoms with Gasteiger partial charge in [-0.1, -0.05) is 32.8 Å². The van der Waals surface area contributed by atoms with E-state index in [-0.39, 0.29) is 33.0 Å². The van der Waals surface area contributed by atoms with Gasteiger partial charge >= 0.3 is 18.9 Å². The molecule has 160 valence electrons. The van der Waals surface area contributed by atoms with Gasteiger partial charge in [-0.15, -0.1) is 0 Å². The molecular weight excluding hydrogens is 386 g/mol. The molecule has 3 nitrogen and oxygen atoms in total. The van der Waals surface area contributed by atoms with Crippen LogP contribution < -0.4 is 14.8 Å². The Morgan fingerprint density at radius 2 is 1.50 bits per heavy atom. The van der Waals surface area contributed by atoms with Crippen LogP contribution in [0.2, 0.25) is 0 Å². The molecule has 2 rings (SSSR count). The van der Waals surface area contributed by atoms with Crippen molar-refractivity contribution >= 4 is 38.3 Å². The molecule has 0 aliphatic carbocycles. The molecule has 0 amide bonds. The van der Waals surface area contributed by atoms with E-state index >= 15 is 0 Å². The number of carbonyl (C=O) groups excluding carboxylic acids is 1. The molecular formula is C25H36LiO3P. The standard InChI is InChI=1S/C25H35O3P.Li.H/c1-7-9-13-27-21-11-12-23(22(16-21)28-14-10-8-2)29-25(26)24-18(4)15-17(3)19(5)20(24)6;;/h11-12,15-16,29H,7-10,13-14H2,1-6H3;;. The van der Waals surface area contributed by atoms with Crippen LogP contribution >= 0.6 is 8.58 Å². The first-order chi connectivity index (χ1) is 13.9. The summed E-state index contributed by atoms with van der Waals surface area (Å²) in [6.45, 7) is 13.9. The molecule has 2 aromatic carbocycles. The molecule has 0 saturated carbocycles. The van der Waals surface area contributed by atoms with Crippen molar-refractivity contribution in [1.29, 1.82) is 0 Å². The monoisotopic (exact) mass is 422 g/mol.